The van der Waals surface area contributed by atoms with Gasteiger partial charge in [-0.05, 0) is 70.6 Å². The van der Waals surface area contributed by atoms with Gasteiger partial charge in [0.15, 0.2) is 0 Å². The van der Waals surface area contributed by atoms with Crippen molar-refractivity contribution in [3.8, 4) is 10.7 Å². The van der Waals surface area contributed by atoms with Crippen LogP contribution in [0.4, 0.5) is 0 Å². The van der Waals surface area contributed by atoms with Gasteiger partial charge < -0.3 is 4.98 Å². The third kappa shape index (κ3) is 3.86. The first kappa shape index (κ1) is 19.5. The highest BCUT2D eigenvalue weighted by Gasteiger charge is 2.33. The van der Waals surface area contributed by atoms with Gasteiger partial charge in [0, 0.05) is 23.3 Å². The lowest BCUT2D eigenvalue weighted by atomic mass is 9.84. The number of hydrogen-bond donors (Lipinski definition) is 2. The average Bonchev–Trinajstić information content (AvgIpc) is 3.30. The molecule has 3 aromatic rings. The van der Waals surface area contributed by atoms with E-state index in [9.17, 15) is 8.42 Å². The topological polar surface area (TPSA) is 87.7 Å². The minimum atomic E-state index is -3.30. The number of aromatic nitrogens is 3. The number of fused-ring (bicyclic) bond motifs is 1. The lowest BCUT2D eigenvalue weighted by molar-refractivity contribution is 0.368. The molecule has 0 unspecified atom stereocenters. The van der Waals surface area contributed by atoms with Gasteiger partial charge in [0.25, 0.3) is 0 Å². The standard InChI is InChI=1S/C20H26N4O2S2/c1-20(2,3)28(25,26)24-14-6-4-13(5-7-14)17-12-18-15(22-17)8-9-16(23-18)19-21-10-11-27-19/h8-14,22,24H,4-7H2,1-3H3. The summed E-state index contributed by atoms with van der Waals surface area (Å²) in [6, 6.07) is 6.22. The molecule has 1 fully saturated rings. The highest BCUT2D eigenvalue weighted by Crippen LogP contribution is 2.35. The Morgan fingerprint density at radius 3 is 2.57 bits per heavy atom. The van der Waals surface area contributed by atoms with Crippen LogP contribution in [-0.2, 0) is 10.0 Å². The molecule has 0 atom stereocenters. The maximum atomic E-state index is 12.4. The predicted octanol–water partition coefficient (Wildman–Crippen LogP) is 4.43. The highest BCUT2D eigenvalue weighted by molar-refractivity contribution is 7.90. The molecule has 0 aliphatic heterocycles. The van der Waals surface area contributed by atoms with Gasteiger partial charge in [-0.1, -0.05) is 0 Å². The fraction of sp³-hybridized carbons (Fsp3) is 0.500. The van der Waals surface area contributed by atoms with E-state index in [2.05, 4.69) is 26.8 Å². The Kier molecular flexibility index (Phi) is 5.05. The molecule has 0 amide bonds. The van der Waals surface area contributed by atoms with Crippen LogP contribution in [0.15, 0.2) is 29.8 Å². The zero-order valence-electron chi connectivity index (χ0n) is 16.4. The van der Waals surface area contributed by atoms with E-state index < -0.39 is 14.8 Å². The van der Waals surface area contributed by atoms with E-state index in [1.54, 1.807) is 38.3 Å². The maximum Gasteiger partial charge on any atom is 0.216 e. The van der Waals surface area contributed by atoms with E-state index in [-0.39, 0.29) is 6.04 Å². The number of H-pyrrole nitrogens is 1. The quantitative estimate of drug-likeness (QED) is 0.656. The van der Waals surface area contributed by atoms with Gasteiger partial charge >= 0.3 is 0 Å². The van der Waals surface area contributed by atoms with E-state index in [0.717, 1.165) is 47.4 Å². The summed E-state index contributed by atoms with van der Waals surface area (Å²) in [5, 5.41) is 2.88. The molecule has 0 aromatic carbocycles. The summed E-state index contributed by atoms with van der Waals surface area (Å²) in [7, 11) is -3.30. The summed E-state index contributed by atoms with van der Waals surface area (Å²) in [6.45, 7) is 5.20. The largest absolute Gasteiger partial charge is 0.357 e. The molecule has 0 saturated heterocycles. The molecular weight excluding hydrogens is 392 g/mol. The molecule has 0 radical (unpaired) electrons. The predicted molar refractivity (Wildman–Crippen MR) is 114 cm³/mol. The number of hydrogen-bond acceptors (Lipinski definition) is 5. The Bertz CT molecular complexity index is 1060. The monoisotopic (exact) mass is 418 g/mol. The van der Waals surface area contributed by atoms with Gasteiger partial charge in [0.1, 0.15) is 5.01 Å². The van der Waals surface area contributed by atoms with Gasteiger partial charge in [0.05, 0.1) is 21.5 Å². The van der Waals surface area contributed by atoms with Crippen LogP contribution in [0.25, 0.3) is 21.7 Å². The molecule has 3 aromatic heterocycles. The van der Waals surface area contributed by atoms with Crippen molar-refractivity contribution in [2.75, 3.05) is 0 Å². The van der Waals surface area contributed by atoms with E-state index in [4.69, 9.17) is 4.98 Å². The molecule has 0 spiro atoms. The van der Waals surface area contributed by atoms with Gasteiger partial charge in [0.2, 0.25) is 10.0 Å². The first-order valence-corrected chi connectivity index (χ1v) is 12.0. The zero-order valence-corrected chi connectivity index (χ0v) is 18.0. The molecule has 1 saturated carbocycles. The molecule has 28 heavy (non-hydrogen) atoms. The first-order chi connectivity index (χ1) is 13.2. The van der Waals surface area contributed by atoms with Gasteiger partial charge in [-0.15, -0.1) is 11.3 Å². The molecule has 3 heterocycles. The summed E-state index contributed by atoms with van der Waals surface area (Å²) in [5.74, 6) is 0.410. The number of nitrogens with zero attached hydrogens (tertiary/aromatic N) is 2. The van der Waals surface area contributed by atoms with Crippen LogP contribution in [0.3, 0.4) is 0 Å². The third-order valence-electron chi connectivity index (χ3n) is 5.44. The second-order valence-corrected chi connectivity index (χ2v) is 11.8. The molecule has 150 valence electrons. The van der Waals surface area contributed by atoms with E-state index in [0.29, 0.717) is 5.92 Å². The van der Waals surface area contributed by atoms with Crippen LogP contribution in [-0.4, -0.2) is 34.2 Å². The molecule has 4 rings (SSSR count). The van der Waals surface area contributed by atoms with Crippen molar-refractivity contribution in [3.05, 3.63) is 35.5 Å². The van der Waals surface area contributed by atoms with Crippen molar-refractivity contribution in [3.63, 3.8) is 0 Å². The number of sulfonamides is 1. The van der Waals surface area contributed by atoms with Crippen molar-refractivity contribution >= 4 is 32.4 Å². The third-order valence-corrected chi connectivity index (χ3v) is 8.49. The number of rotatable bonds is 4. The van der Waals surface area contributed by atoms with Crippen molar-refractivity contribution < 1.29 is 8.42 Å². The van der Waals surface area contributed by atoms with Crippen molar-refractivity contribution in [1.82, 2.24) is 19.7 Å². The molecule has 6 nitrogen and oxygen atoms in total. The first-order valence-electron chi connectivity index (χ1n) is 9.64. The Hall–Kier alpha value is -1.77. The minimum Gasteiger partial charge on any atom is -0.357 e. The van der Waals surface area contributed by atoms with Crippen molar-refractivity contribution in [1.29, 1.82) is 0 Å². The van der Waals surface area contributed by atoms with Crippen molar-refractivity contribution in [2.45, 2.75) is 63.2 Å². The number of thiazole rings is 1. The fourth-order valence-corrected chi connectivity index (χ4v) is 5.27. The second kappa shape index (κ2) is 7.24. The normalized spacial score (nSPS) is 21.2. The average molecular weight is 419 g/mol. The van der Waals surface area contributed by atoms with Crippen molar-refractivity contribution in [2.24, 2.45) is 0 Å². The van der Waals surface area contributed by atoms with Crippen LogP contribution < -0.4 is 4.72 Å². The van der Waals surface area contributed by atoms with Gasteiger partial charge in [-0.25, -0.2) is 23.1 Å². The Morgan fingerprint density at radius 2 is 1.93 bits per heavy atom. The second-order valence-electron chi connectivity index (χ2n) is 8.47. The van der Waals surface area contributed by atoms with Crippen LogP contribution in [0.5, 0.6) is 0 Å². The maximum absolute atomic E-state index is 12.4. The lowest BCUT2D eigenvalue weighted by Crippen LogP contribution is -2.45. The summed E-state index contributed by atoms with van der Waals surface area (Å²) < 4.78 is 26.9. The summed E-state index contributed by atoms with van der Waals surface area (Å²) in [6.07, 6.45) is 5.42. The zero-order chi connectivity index (χ0) is 19.9. The smallest absolute Gasteiger partial charge is 0.216 e. The Morgan fingerprint density at radius 1 is 1.18 bits per heavy atom. The van der Waals surface area contributed by atoms with Crippen LogP contribution >= 0.6 is 11.3 Å². The Balaban J connectivity index is 1.45. The number of nitrogens with one attached hydrogen (secondary N) is 2. The van der Waals surface area contributed by atoms with E-state index in [1.165, 1.54) is 5.69 Å². The molecule has 8 heteroatoms. The van der Waals surface area contributed by atoms with E-state index >= 15 is 0 Å². The molecule has 1 aliphatic carbocycles. The molecule has 2 N–H and O–H groups in total. The van der Waals surface area contributed by atoms with Crippen LogP contribution in [0, 0.1) is 0 Å². The highest BCUT2D eigenvalue weighted by atomic mass is 32.2. The SMILES string of the molecule is CC(C)(C)S(=O)(=O)NC1CCC(c2cc3nc(-c4nccs4)ccc3[nH]2)CC1. The summed E-state index contributed by atoms with van der Waals surface area (Å²) in [4.78, 5) is 12.6. The molecule has 1 aliphatic rings. The number of aromatic amines is 1. The Labute approximate surface area is 169 Å². The summed E-state index contributed by atoms with van der Waals surface area (Å²) >= 11 is 1.59. The lowest BCUT2D eigenvalue weighted by Gasteiger charge is -2.31. The number of pyridine rings is 1. The van der Waals surface area contributed by atoms with Crippen LogP contribution in [0.1, 0.15) is 58.1 Å². The molecule has 0 bridgehead atoms. The molecular formula is C20H26N4O2S2. The minimum absolute atomic E-state index is 0.0273. The van der Waals surface area contributed by atoms with E-state index in [1.807, 2.05) is 11.4 Å². The van der Waals surface area contributed by atoms with Gasteiger partial charge in [-0.2, -0.15) is 0 Å². The van der Waals surface area contributed by atoms with Crippen LogP contribution in [0.2, 0.25) is 0 Å². The summed E-state index contributed by atoms with van der Waals surface area (Å²) in [5.41, 5.74) is 4.08. The fourth-order valence-electron chi connectivity index (χ4n) is 3.64. The van der Waals surface area contributed by atoms with Gasteiger partial charge in [-0.3, -0.25) is 0 Å².